The molecule has 0 aliphatic heterocycles. The average molecular weight is 234 g/mol. The molecule has 0 unspecified atom stereocenters. The summed E-state index contributed by atoms with van der Waals surface area (Å²) in [5.41, 5.74) is 7.06. The summed E-state index contributed by atoms with van der Waals surface area (Å²) in [5.74, 6) is -0.0905. The van der Waals surface area contributed by atoms with Crippen LogP contribution >= 0.6 is 0 Å². The number of nitrogens with two attached hydrogens (primary N) is 1. The lowest BCUT2D eigenvalue weighted by molar-refractivity contribution is -0.123. The normalized spacial score (nSPS) is 17.3. The number of carbonyl (C=O) groups excluding carboxylic acids is 1. The third kappa shape index (κ3) is 2.48. The summed E-state index contributed by atoms with van der Waals surface area (Å²) in [6.07, 6.45) is 2.57. The number of para-hydroxylation sites is 1. The summed E-state index contributed by atoms with van der Waals surface area (Å²) in [6.45, 7) is 0.480. The fourth-order valence-corrected chi connectivity index (χ4v) is 1.96. The second-order valence-corrected chi connectivity index (χ2v) is 4.55. The Balaban J connectivity index is 2.10. The van der Waals surface area contributed by atoms with E-state index in [0.29, 0.717) is 6.61 Å². The zero-order chi connectivity index (χ0) is 12.3. The molecule has 1 aliphatic carbocycles. The standard InChI is InChI=1S/C13H18N2O2/c1-17-9-10-5-2-3-6-11(10)15-12(16)13(14)7-4-8-13/h2-3,5-6H,4,7-9,14H2,1H3,(H,15,16). The largest absolute Gasteiger partial charge is 0.380 e. The first-order valence-electron chi connectivity index (χ1n) is 5.83. The van der Waals surface area contributed by atoms with Gasteiger partial charge in [-0.3, -0.25) is 4.79 Å². The van der Waals surface area contributed by atoms with E-state index in [2.05, 4.69) is 5.32 Å². The summed E-state index contributed by atoms with van der Waals surface area (Å²) in [6, 6.07) is 7.61. The van der Waals surface area contributed by atoms with Crippen molar-refractivity contribution in [2.45, 2.75) is 31.4 Å². The van der Waals surface area contributed by atoms with Crippen molar-refractivity contribution >= 4 is 11.6 Å². The molecule has 0 radical (unpaired) electrons. The second kappa shape index (κ2) is 4.85. The molecule has 4 nitrogen and oxygen atoms in total. The van der Waals surface area contributed by atoms with Crippen molar-refractivity contribution in [3.8, 4) is 0 Å². The lowest BCUT2D eigenvalue weighted by Crippen LogP contribution is -2.56. The van der Waals surface area contributed by atoms with Crippen LogP contribution in [0.3, 0.4) is 0 Å². The van der Waals surface area contributed by atoms with Gasteiger partial charge in [-0.05, 0) is 25.3 Å². The topological polar surface area (TPSA) is 64.3 Å². The van der Waals surface area contributed by atoms with Crippen molar-refractivity contribution in [3.05, 3.63) is 29.8 Å². The molecule has 1 amide bonds. The number of methoxy groups -OCH3 is 1. The molecule has 0 spiro atoms. The van der Waals surface area contributed by atoms with Gasteiger partial charge in [0.2, 0.25) is 5.91 Å². The lowest BCUT2D eigenvalue weighted by atomic mass is 9.77. The number of benzene rings is 1. The summed E-state index contributed by atoms with van der Waals surface area (Å²) >= 11 is 0. The Bertz CT molecular complexity index is 414. The van der Waals surface area contributed by atoms with Gasteiger partial charge in [0.1, 0.15) is 0 Å². The maximum Gasteiger partial charge on any atom is 0.244 e. The van der Waals surface area contributed by atoms with E-state index in [-0.39, 0.29) is 5.91 Å². The number of ether oxygens (including phenoxy) is 1. The van der Waals surface area contributed by atoms with Crippen LogP contribution in [0.4, 0.5) is 5.69 Å². The molecule has 17 heavy (non-hydrogen) atoms. The van der Waals surface area contributed by atoms with E-state index in [1.807, 2.05) is 24.3 Å². The molecule has 1 aromatic carbocycles. The summed E-state index contributed by atoms with van der Waals surface area (Å²) in [7, 11) is 1.63. The van der Waals surface area contributed by atoms with Gasteiger partial charge >= 0.3 is 0 Å². The number of amides is 1. The minimum atomic E-state index is -0.666. The van der Waals surface area contributed by atoms with E-state index in [0.717, 1.165) is 30.5 Å². The fraction of sp³-hybridized carbons (Fsp3) is 0.462. The van der Waals surface area contributed by atoms with Crippen LogP contribution < -0.4 is 11.1 Å². The highest BCUT2D eigenvalue weighted by atomic mass is 16.5. The highest BCUT2D eigenvalue weighted by molar-refractivity contribution is 5.99. The predicted molar refractivity (Wildman–Crippen MR) is 66.6 cm³/mol. The van der Waals surface area contributed by atoms with Gasteiger partial charge in [-0.2, -0.15) is 0 Å². The number of hydrogen-bond acceptors (Lipinski definition) is 3. The zero-order valence-corrected chi connectivity index (χ0v) is 10.0. The van der Waals surface area contributed by atoms with Gasteiger partial charge in [0, 0.05) is 18.4 Å². The van der Waals surface area contributed by atoms with Gasteiger partial charge in [-0.1, -0.05) is 18.2 Å². The van der Waals surface area contributed by atoms with Crippen molar-refractivity contribution in [1.29, 1.82) is 0 Å². The van der Waals surface area contributed by atoms with Crippen molar-refractivity contribution in [1.82, 2.24) is 0 Å². The number of nitrogens with one attached hydrogen (secondary N) is 1. The van der Waals surface area contributed by atoms with Crippen molar-refractivity contribution < 1.29 is 9.53 Å². The minimum Gasteiger partial charge on any atom is -0.380 e. The third-order valence-electron chi connectivity index (χ3n) is 3.26. The molecule has 92 valence electrons. The van der Waals surface area contributed by atoms with Gasteiger partial charge in [-0.15, -0.1) is 0 Å². The van der Waals surface area contributed by atoms with Crippen LogP contribution in [0.25, 0.3) is 0 Å². The van der Waals surface area contributed by atoms with Gasteiger partial charge in [-0.25, -0.2) is 0 Å². The molecular formula is C13H18N2O2. The molecule has 4 heteroatoms. The molecule has 0 saturated heterocycles. The van der Waals surface area contributed by atoms with E-state index in [9.17, 15) is 4.79 Å². The Morgan fingerprint density at radius 2 is 2.18 bits per heavy atom. The highest BCUT2D eigenvalue weighted by Crippen LogP contribution is 2.30. The molecule has 1 aliphatic rings. The zero-order valence-electron chi connectivity index (χ0n) is 10.0. The van der Waals surface area contributed by atoms with Gasteiger partial charge < -0.3 is 15.8 Å². The maximum atomic E-state index is 12.0. The van der Waals surface area contributed by atoms with Crippen LogP contribution in [-0.2, 0) is 16.1 Å². The predicted octanol–water partition coefficient (Wildman–Crippen LogP) is 1.65. The third-order valence-corrected chi connectivity index (χ3v) is 3.26. The Kier molecular flexibility index (Phi) is 3.45. The molecule has 1 aromatic rings. The first-order chi connectivity index (χ1) is 8.15. The van der Waals surface area contributed by atoms with E-state index in [4.69, 9.17) is 10.5 Å². The number of hydrogen-bond donors (Lipinski definition) is 2. The molecule has 0 atom stereocenters. The number of anilines is 1. The van der Waals surface area contributed by atoms with E-state index < -0.39 is 5.54 Å². The molecule has 1 fully saturated rings. The number of rotatable bonds is 4. The fourth-order valence-electron chi connectivity index (χ4n) is 1.96. The molecule has 1 saturated carbocycles. The van der Waals surface area contributed by atoms with Crippen LogP contribution in [0.5, 0.6) is 0 Å². The van der Waals surface area contributed by atoms with Crippen LogP contribution in [0.15, 0.2) is 24.3 Å². The van der Waals surface area contributed by atoms with E-state index in [1.54, 1.807) is 7.11 Å². The van der Waals surface area contributed by atoms with Crippen molar-refractivity contribution in [3.63, 3.8) is 0 Å². The first kappa shape index (κ1) is 12.1. The smallest absolute Gasteiger partial charge is 0.244 e. The lowest BCUT2D eigenvalue weighted by Gasteiger charge is -2.36. The monoisotopic (exact) mass is 234 g/mol. The van der Waals surface area contributed by atoms with Crippen LogP contribution in [0, 0.1) is 0 Å². The molecular weight excluding hydrogens is 216 g/mol. The quantitative estimate of drug-likeness (QED) is 0.832. The van der Waals surface area contributed by atoms with Crippen molar-refractivity contribution in [2.24, 2.45) is 5.73 Å². The van der Waals surface area contributed by atoms with Crippen molar-refractivity contribution in [2.75, 3.05) is 12.4 Å². The Labute approximate surface area is 101 Å². The van der Waals surface area contributed by atoms with E-state index in [1.165, 1.54) is 0 Å². The summed E-state index contributed by atoms with van der Waals surface area (Å²) in [4.78, 5) is 12.0. The average Bonchev–Trinajstić information content (AvgIpc) is 2.29. The second-order valence-electron chi connectivity index (χ2n) is 4.55. The van der Waals surface area contributed by atoms with Gasteiger partial charge in [0.25, 0.3) is 0 Å². The number of carbonyl (C=O) groups is 1. The van der Waals surface area contributed by atoms with Crippen LogP contribution in [0.1, 0.15) is 24.8 Å². The SMILES string of the molecule is COCc1ccccc1NC(=O)C1(N)CCC1. The Morgan fingerprint density at radius 3 is 2.76 bits per heavy atom. The van der Waals surface area contributed by atoms with Crippen LogP contribution in [-0.4, -0.2) is 18.6 Å². The van der Waals surface area contributed by atoms with Gasteiger partial charge in [0.05, 0.1) is 12.1 Å². The Hall–Kier alpha value is -1.39. The maximum absolute atomic E-state index is 12.0. The van der Waals surface area contributed by atoms with Crippen LogP contribution in [0.2, 0.25) is 0 Å². The Morgan fingerprint density at radius 1 is 1.47 bits per heavy atom. The first-order valence-corrected chi connectivity index (χ1v) is 5.83. The van der Waals surface area contributed by atoms with Gasteiger partial charge in [0.15, 0.2) is 0 Å². The summed E-state index contributed by atoms with van der Waals surface area (Å²) in [5, 5.41) is 2.89. The minimum absolute atomic E-state index is 0.0905. The molecule has 3 N–H and O–H groups in total. The summed E-state index contributed by atoms with van der Waals surface area (Å²) < 4.78 is 5.09. The highest BCUT2D eigenvalue weighted by Gasteiger charge is 2.40. The molecule has 2 rings (SSSR count). The van der Waals surface area contributed by atoms with E-state index >= 15 is 0 Å². The molecule has 0 bridgehead atoms. The molecule has 0 aromatic heterocycles. The molecule has 0 heterocycles.